The SMILES string of the molecule is CN(C)CCC(=O)Nc1ccc(-c2cnc3[nH]cc(-c4cnn(Cc5ccccc5)c4)c3c2)cc1. The van der Waals surface area contributed by atoms with Crippen LogP contribution in [-0.2, 0) is 11.3 Å². The fourth-order valence-electron chi connectivity index (χ4n) is 4.05. The highest BCUT2D eigenvalue weighted by Gasteiger charge is 2.12. The Bertz CT molecular complexity index is 1430. The lowest BCUT2D eigenvalue weighted by Gasteiger charge is -2.10. The van der Waals surface area contributed by atoms with Crippen LogP contribution in [0.25, 0.3) is 33.3 Å². The van der Waals surface area contributed by atoms with Crippen molar-refractivity contribution >= 4 is 22.6 Å². The number of H-pyrrole nitrogens is 1. The number of aromatic amines is 1. The fourth-order valence-corrected chi connectivity index (χ4v) is 4.05. The van der Waals surface area contributed by atoms with Crippen molar-refractivity contribution in [3.05, 3.63) is 91.0 Å². The van der Waals surface area contributed by atoms with Gasteiger partial charge in [0.25, 0.3) is 0 Å². The molecule has 3 heterocycles. The first kappa shape index (κ1) is 22.6. The second kappa shape index (κ2) is 9.95. The molecule has 0 saturated carbocycles. The molecule has 0 atom stereocenters. The van der Waals surface area contributed by atoms with E-state index in [0.717, 1.165) is 52.1 Å². The number of carbonyl (C=O) groups is 1. The van der Waals surface area contributed by atoms with Crippen molar-refractivity contribution in [2.75, 3.05) is 26.0 Å². The zero-order chi connectivity index (χ0) is 24.2. The molecular formula is C28H28N6O. The normalized spacial score (nSPS) is 11.3. The summed E-state index contributed by atoms with van der Waals surface area (Å²) in [6, 6.07) is 20.3. The highest BCUT2D eigenvalue weighted by molar-refractivity contribution is 5.96. The standard InChI is InChI=1S/C28H28N6O/c1-33(2)13-12-27(35)32-24-10-8-21(9-11-24)22-14-25-26(17-30-28(25)29-15-22)23-16-31-34(19-23)18-20-6-4-3-5-7-20/h3-11,14-17,19H,12-13,18H2,1-2H3,(H,29,30)(H,32,35). The molecule has 0 fully saturated rings. The lowest BCUT2D eigenvalue weighted by Crippen LogP contribution is -2.20. The molecule has 5 rings (SSSR count). The van der Waals surface area contributed by atoms with Gasteiger partial charge in [-0.2, -0.15) is 5.10 Å². The Morgan fingerprint density at radius 1 is 1.00 bits per heavy atom. The van der Waals surface area contributed by atoms with Crippen molar-refractivity contribution < 1.29 is 4.79 Å². The van der Waals surface area contributed by atoms with Crippen molar-refractivity contribution in [1.29, 1.82) is 0 Å². The van der Waals surface area contributed by atoms with Crippen LogP contribution in [0.2, 0.25) is 0 Å². The van der Waals surface area contributed by atoms with Gasteiger partial charge >= 0.3 is 0 Å². The van der Waals surface area contributed by atoms with E-state index in [1.165, 1.54) is 5.56 Å². The number of benzene rings is 2. The van der Waals surface area contributed by atoms with Gasteiger partial charge in [0.05, 0.1) is 12.7 Å². The minimum absolute atomic E-state index is 0.0133. The fraction of sp³-hybridized carbons (Fsp3) is 0.179. The maximum atomic E-state index is 12.1. The lowest BCUT2D eigenvalue weighted by molar-refractivity contribution is -0.116. The molecule has 0 aliphatic rings. The van der Waals surface area contributed by atoms with Crippen molar-refractivity contribution in [2.24, 2.45) is 0 Å². The monoisotopic (exact) mass is 464 g/mol. The zero-order valence-corrected chi connectivity index (χ0v) is 19.9. The van der Waals surface area contributed by atoms with E-state index in [9.17, 15) is 4.79 Å². The lowest BCUT2D eigenvalue weighted by atomic mass is 10.0. The van der Waals surface area contributed by atoms with E-state index in [4.69, 9.17) is 0 Å². The third kappa shape index (κ3) is 5.31. The Kier molecular flexibility index (Phi) is 6.41. The van der Waals surface area contributed by atoms with Gasteiger partial charge in [0.1, 0.15) is 5.65 Å². The molecule has 5 aromatic rings. The average molecular weight is 465 g/mol. The molecule has 176 valence electrons. The molecule has 0 saturated heterocycles. The predicted octanol–water partition coefficient (Wildman–Crippen LogP) is 5.03. The van der Waals surface area contributed by atoms with Crippen LogP contribution in [0.5, 0.6) is 0 Å². The van der Waals surface area contributed by atoms with Crippen LogP contribution in [0, 0.1) is 0 Å². The van der Waals surface area contributed by atoms with Crippen molar-refractivity contribution in [1.82, 2.24) is 24.6 Å². The summed E-state index contributed by atoms with van der Waals surface area (Å²) in [4.78, 5) is 22.0. The zero-order valence-electron chi connectivity index (χ0n) is 19.9. The Morgan fingerprint density at radius 3 is 2.57 bits per heavy atom. The Balaban J connectivity index is 1.35. The van der Waals surface area contributed by atoms with Crippen molar-refractivity contribution in [3.63, 3.8) is 0 Å². The summed E-state index contributed by atoms with van der Waals surface area (Å²) < 4.78 is 1.95. The predicted molar refractivity (Wildman–Crippen MR) is 140 cm³/mol. The maximum absolute atomic E-state index is 12.1. The molecule has 7 heteroatoms. The topological polar surface area (TPSA) is 78.8 Å². The summed E-state index contributed by atoms with van der Waals surface area (Å²) in [6.07, 6.45) is 8.28. The van der Waals surface area contributed by atoms with Gasteiger partial charge in [0.15, 0.2) is 0 Å². The summed E-state index contributed by atoms with van der Waals surface area (Å²) in [7, 11) is 3.92. The quantitative estimate of drug-likeness (QED) is 0.338. The smallest absolute Gasteiger partial charge is 0.225 e. The minimum atomic E-state index is 0.0133. The molecule has 0 bridgehead atoms. The maximum Gasteiger partial charge on any atom is 0.225 e. The second-order valence-corrected chi connectivity index (χ2v) is 8.91. The van der Waals surface area contributed by atoms with E-state index >= 15 is 0 Å². The first-order chi connectivity index (χ1) is 17.0. The molecule has 0 aliphatic carbocycles. The Labute approximate surface area is 204 Å². The Hall–Kier alpha value is -4.23. The van der Waals surface area contributed by atoms with Crippen LogP contribution in [0.15, 0.2) is 85.5 Å². The molecule has 0 unspecified atom stereocenters. The number of aromatic nitrogens is 4. The van der Waals surface area contributed by atoms with E-state index < -0.39 is 0 Å². The van der Waals surface area contributed by atoms with E-state index in [-0.39, 0.29) is 5.91 Å². The van der Waals surface area contributed by atoms with Crippen LogP contribution in [0.3, 0.4) is 0 Å². The molecule has 0 aliphatic heterocycles. The van der Waals surface area contributed by atoms with E-state index in [0.29, 0.717) is 6.42 Å². The van der Waals surface area contributed by atoms with Gasteiger partial charge in [-0.25, -0.2) is 4.98 Å². The number of carbonyl (C=O) groups excluding carboxylic acids is 1. The molecule has 2 aromatic carbocycles. The molecule has 7 nitrogen and oxygen atoms in total. The van der Waals surface area contributed by atoms with Crippen molar-refractivity contribution in [3.8, 4) is 22.3 Å². The molecular weight excluding hydrogens is 436 g/mol. The third-order valence-corrected chi connectivity index (χ3v) is 5.95. The van der Waals surface area contributed by atoms with Gasteiger partial charge in [-0.3, -0.25) is 9.48 Å². The second-order valence-electron chi connectivity index (χ2n) is 8.91. The van der Waals surface area contributed by atoms with Crippen LogP contribution in [-0.4, -0.2) is 51.2 Å². The number of amides is 1. The highest BCUT2D eigenvalue weighted by Crippen LogP contribution is 2.31. The van der Waals surface area contributed by atoms with Gasteiger partial charge in [0, 0.05) is 59.3 Å². The van der Waals surface area contributed by atoms with Gasteiger partial charge in [-0.05, 0) is 43.4 Å². The minimum Gasteiger partial charge on any atom is -0.346 e. The Morgan fingerprint density at radius 2 is 1.80 bits per heavy atom. The number of fused-ring (bicyclic) bond motifs is 1. The van der Waals surface area contributed by atoms with E-state index in [1.54, 1.807) is 0 Å². The molecule has 2 N–H and O–H groups in total. The highest BCUT2D eigenvalue weighted by atomic mass is 16.1. The molecule has 0 spiro atoms. The summed E-state index contributed by atoms with van der Waals surface area (Å²) in [6.45, 7) is 1.45. The van der Waals surface area contributed by atoms with Crippen LogP contribution in [0.4, 0.5) is 5.69 Å². The first-order valence-corrected chi connectivity index (χ1v) is 11.6. The van der Waals surface area contributed by atoms with Gasteiger partial charge in [-0.1, -0.05) is 42.5 Å². The number of pyridine rings is 1. The number of nitrogens with zero attached hydrogens (tertiary/aromatic N) is 4. The van der Waals surface area contributed by atoms with Crippen molar-refractivity contribution in [2.45, 2.75) is 13.0 Å². The van der Waals surface area contributed by atoms with Crippen LogP contribution >= 0.6 is 0 Å². The number of hydrogen-bond donors (Lipinski definition) is 2. The number of nitrogens with one attached hydrogen (secondary N) is 2. The van der Waals surface area contributed by atoms with Gasteiger partial charge in [-0.15, -0.1) is 0 Å². The summed E-state index contributed by atoms with van der Waals surface area (Å²) in [5.74, 6) is 0.0133. The van der Waals surface area contributed by atoms with Crippen LogP contribution < -0.4 is 5.32 Å². The van der Waals surface area contributed by atoms with E-state index in [1.807, 2.05) is 84.7 Å². The molecule has 1 amide bonds. The number of rotatable bonds is 8. The largest absolute Gasteiger partial charge is 0.346 e. The van der Waals surface area contributed by atoms with Gasteiger partial charge < -0.3 is 15.2 Å². The first-order valence-electron chi connectivity index (χ1n) is 11.6. The third-order valence-electron chi connectivity index (χ3n) is 5.95. The van der Waals surface area contributed by atoms with E-state index in [2.05, 4.69) is 44.8 Å². The summed E-state index contributed by atoms with van der Waals surface area (Å²) >= 11 is 0. The van der Waals surface area contributed by atoms with Crippen LogP contribution in [0.1, 0.15) is 12.0 Å². The summed E-state index contributed by atoms with van der Waals surface area (Å²) in [5, 5.41) is 8.56. The summed E-state index contributed by atoms with van der Waals surface area (Å²) in [5.41, 5.74) is 7.00. The van der Waals surface area contributed by atoms with Gasteiger partial charge in [0.2, 0.25) is 5.91 Å². The molecule has 0 radical (unpaired) electrons. The number of hydrogen-bond acceptors (Lipinski definition) is 4. The molecule has 3 aromatic heterocycles. The molecule has 35 heavy (non-hydrogen) atoms. The average Bonchev–Trinajstić information content (AvgIpc) is 3.50. The number of anilines is 1.